The van der Waals surface area contributed by atoms with Crippen molar-refractivity contribution in [2.45, 2.75) is 92.1 Å². The second-order valence-corrected chi connectivity index (χ2v) is 22.0. The molecule has 6 atom stereocenters. The third kappa shape index (κ3) is 8.61. The van der Waals surface area contributed by atoms with Crippen molar-refractivity contribution in [3.05, 3.63) is 201 Å². The molecule has 0 aromatic heterocycles. The van der Waals surface area contributed by atoms with Crippen molar-refractivity contribution >= 4 is 12.7 Å². The summed E-state index contributed by atoms with van der Waals surface area (Å²) >= 11 is 0. The van der Waals surface area contributed by atoms with E-state index >= 15 is 4.57 Å². The molecular weight excluding hydrogens is 844 g/mol. The first-order valence-corrected chi connectivity index (χ1v) is 25.8. The molecule has 0 amide bonds. The summed E-state index contributed by atoms with van der Waals surface area (Å²) in [5.74, 6) is 7.61. The number of phenols is 1. The van der Waals surface area contributed by atoms with Gasteiger partial charge < -0.3 is 19.1 Å². The Morgan fingerprint density at radius 1 is 0.567 bits per heavy atom. The van der Waals surface area contributed by atoms with Crippen LogP contribution in [0.3, 0.4) is 0 Å². The Morgan fingerprint density at radius 3 is 1.60 bits per heavy atom. The van der Waals surface area contributed by atoms with Gasteiger partial charge in [0.25, 0.3) is 7.37 Å². The van der Waals surface area contributed by atoms with Gasteiger partial charge in [0.05, 0.1) is 12.4 Å². The lowest BCUT2D eigenvalue weighted by Crippen LogP contribution is -2.37. The monoisotopic (exact) mass is 908 g/mol. The van der Waals surface area contributed by atoms with Crippen LogP contribution in [-0.4, -0.2) is 12.2 Å². The Hall–Kier alpha value is -6.03. The summed E-state index contributed by atoms with van der Waals surface area (Å²) in [6, 6.07) is 46.5. The third-order valence-corrected chi connectivity index (χ3v) is 18.5. The average molecular weight is 909 g/mol. The second-order valence-electron chi connectivity index (χ2n) is 19.6. The molecule has 11 rings (SSSR count). The summed E-state index contributed by atoms with van der Waals surface area (Å²) in [6.45, 7) is 14.8. The van der Waals surface area contributed by atoms with Gasteiger partial charge in [0, 0.05) is 5.56 Å². The normalized spacial score (nSPS) is 21.5. The fourth-order valence-corrected chi connectivity index (χ4v) is 15.5. The van der Waals surface area contributed by atoms with Crippen LogP contribution in [0.15, 0.2) is 146 Å². The lowest BCUT2D eigenvalue weighted by atomic mass is 9.82. The Bertz CT molecular complexity index is 2870. The number of rotatable bonds is 7. The maximum absolute atomic E-state index is 16.4. The highest BCUT2D eigenvalue weighted by Crippen LogP contribution is 2.71. The molecule has 6 heteroatoms. The van der Waals surface area contributed by atoms with Crippen molar-refractivity contribution in [1.82, 2.24) is 0 Å². The summed E-state index contributed by atoms with van der Waals surface area (Å²) in [5, 5.41) is 9.68. The van der Waals surface area contributed by atoms with Gasteiger partial charge in [-0.25, -0.2) is 0 Å². The van der Waals surface area contributed by atoms with Gasteiger partial charge in [-0.1, -0.05) is 115 Å². The maximum Gasteiger partial charge on any atom is 0.296 e. The number of ether oxygens (including phenoxy) is 2. The number of fused-ring (bicyclic) bond motifs is 8. The number of aryl methyl sites for hydroxylation is 6. The molecule has 0 saturated heterocycles. The predicted octanol–water partition coefficient (Wildman–Crippen LogP) is 15.8. The van der Waals surface area contributed by atoms with Gasteiger partial charge in [-0.05, 0) is 203 Å². The Kier molecular flexibility index (Phi) is 13.0. The van der Waals surface area contributed by atoms with Crippen LogP contribution in [0.1, 0.15) is 94.2 Å². The van der Waals surface area contributed by atoms with Crippen LogP contribution in [-0.2, 0) is 9.72 Å². The molecule has 67 heavy (non-hydrogen) atoms. The van der Waals surface area contributed by atoms with E-state index in [2.05, 4.69) is 58.9 Å². The number of hydrogen-bond donors (Lipinski definition) is 1. The van der Waals surface area contributed by atoms with Crippen molar-refractivity contribution in [1.29, 1.82) is 0 Å². The van der Waals surface area contributed by atoms with E-state index < -0.39 is 12.5 Å². The highest BCUT2D eigenvalue weighted by Gasteiger charge is 2.58. The SMILES string of the molecule is C1CC2C3CCC(C3)C2C1.COc1ccc(C(c2ccc(O)cc2)(c2ccc(Oc3c(C)cc(C)cc3C)cc2)P2(=O)Oc3ccccc3-c3ccccc32)cc1.Cc1cc(C)c(C)c(C)c1. The number of aromatic hydroxyl groups is 1. The quantitative estimate of drug-likeness (QED) is 0.127. The molecule has 3 aliphatic carbocycles. The summed E-state index contributed by atoms with van der Waals surface area (Å²) < 4.78 is 35.3. The smallest absolute Gasteiger partial charge is 0.296 e. The molecule has 3 fully saturated rings. The van der Waals surface area contributed by atoms with E-state index in [-0.39, 0.29) is 5.75 Å². The number of hydrogen-bond acceptors (Lipinski definition) is 5. The zero-order valence-electron chi connectivity index (χ0n) is 40.4. The first kappa shape index (κ1) is 46.1. The first-order chi connectivity index (χ1) is 32.3. The Balaban J connectivity index is 0.000000228. The zero-order valence-corrected chi connectivity index (χ0v) is 41.3. The van der Waals surface area contributed by atoms with Gasteiger partial charge >= 0.3 is 0 Å². The molecule has 1 heterocycles. The molecular formula is C61H65O5P. The largest absolute Gasteiger partial charge is 0.508 e. The number of phenolic OH excluding ortho intramolecular Hbond substituents is 1. The lowest BCUT2D eigenvalue weighted by molar-refractivity contribution is 0.259. The van der Waals surface area contributed by atoms with E-state index in [4.69, 9.17) is 14.0 Å². The van der Waals surface area contributed by atoms with E-state index in [1.807, 2.05) is 123 Å². The molecule has 7 aromatic rings. The van der Waals surface area contributed by atoms with Crippen LogP contribution in [0.2, 0.25) is 0 Å². The molecule has 0 radical (unpaired) electrons. The van der Waals surface area contributed by atoms with Crippen molar-refractivity contribution in [3.63, 3.8) is 0 Å². The van der Waals surface area contributed by atoms with Crippen molar-refractivity contribution in [2.75, 3.05) is 7.11 Å². The topological polar surface area (TPSA) is 65.0 Å². The fraction of sp³-hybridized carbons (Fsp3) is 0.311. The zero-order chi connectivity index (χ0) is 47.0. The van der Waals surface area contributed by atoms with Crippen LogP contribution in [0.5, 0.6) is 28.7 Å². The lowest BCUT2D eigenvalue weighted by Gasteiger charge is -2.44. The third-order valence-electron chi connectivity index (χ3n) is 15.4. The van der Waals surface area contributed by atoms with Gasteiger partial charge in [0.15, 0.2) is 0 Å². The Labute approximate surface area is 398 Å². The van der Waals surface area contributed by atoms with E-state index in [1.165, 1.54) is 51.5 Å². The standard InChI is InChI=1S/C41H35O5P.C10H16.C10H14/c1-27-25-28(2)40(29(3)26-27)45-35-23-17-32(18-24-35)41(30-13-19-33(42)20-14-30,31-15-21-34(44-4)22-16-31)47(43)39-12-8-6-10-37(39)36-9-5-7-11-38(36)46-47;1-2-9-7-4-5-8(6-7)10(9)3-1;1-7-5-8(2)10(4)9(3)6-7/h5-26,42H,1-4H3;7-10H,1-6H2;5-6H,1-4H3. The summed E-state index contributed by atoms with van der Waals surface area (Å²) in [6.07, 6.45) is 9.53. The maximum atomic E-state index is 16.4. The van der Waals surface area contributed by atoms with E-state index in [0.29, 0.717) is 28.1 Å². The minimum absolute atomic E-state index is 0.110. The van der Waals surface area contributed by atoms with E-state index in [0.717, 1.165) is 39.1 Å². The molecule has 0 spiro atoms. The van der Waals surface area contributed by atoms with Crippen molar-refractivity contribution < 1.29 is 23.7 Å². The van der Waals surface area contributed by atoms with Crippen LogP contribution in [0, 0.1) is 72.1 Å². The van der Waals surface area contributed by atoms with Crippen LogP contribution < -0.4 is 19.3 Å². The summed E-state index contributed by atoms with van der Waals surface area (Å²) in [4.78, 5) is 0. The molecule has 1 aliphatic heterocycles. The van der Waals surface area contributed by atoms with Crippen LogP contribution >= 0.6 is 7.37 Å². The molecule has 6 unspecified atom stereocenters. The highest BCUT2D eigenvalue weighted by atomic mass is 31.2. The highest BCUT2D eigenvalue weighted by molar-refractivity contribution is 7.69. The summed E-state index contributed by atoms with van der Waals surface area (Å²) in [5.41, 5.74) is 12.8. The summed E-state index contributed by atoms with van der Waals surface area (Å²) in [7, 11) is -2.32. The molecule has 2 bridgehead atoms. The fourth-order valence-electron chi connectivity index (χ4n) is 12.2. The van der Waals surface area contributed by atoms with Crippen molar-refractivity contribution in [3.8, 4) is 39.9 Å². The van der Waals surface area contributed by atoms with Gasteiger partial charge in [0.2, 0.25) is 0 Å². The minimum Gasteiger partial charge on any atom is -0.508 e. The molecule has 344 valence electrons. The van der Waals surface area contributed by atoms with Gasteiger partial charge in [-0.15, -0.1) is 0 Å². The van der Waals surface area contributed by atoms with Crippen LogP contribution in [0.25, 0.3) is 11.1 Å². The van der Waals surface area contributed by atoms with E-state index in [1.54, 1.807) is 57.8 Å². The van der Waals surface area contributed by atoms with E-state index in [9.17, 15) is 5.11 Å². The average Bonchev–Trinajstić information content (AvgIpc) is 4.10. The van der Waals surface area contributed by atoms with Gasteiger partial charge in [-0.2, -0.15) is 0 Å². The molecule has 4 aliphatic rings. The number of benzene rings is 7. The molecule has 3 saturated carbocycles. The molecule has 5 nitrogen and oxygen atoms in total. The van der Waals surface area contributed by atoms with Crippen molar-refractivity contribution in [2.24, 2.45) is 23.7 Å². The predicted molar refractivity (Wildman–Crippen MR) is 275 cm³/mol. The minimum atomic E-state index is -3.95. The molecule has 1 N–H and O–H groups in total. The Morgan fingerprint density at radius 2 is 1.04 bits per heavy atom. The number of methoxy groups -OCH3 is 1. The van der Waals surface area contributed by atoms with Crippen LogP contribution in [0.4, 0.5) is 0 Å². The second kappa shape index (κ2) is 18.9. The number of para-hydroxylation sites is 1. The van der Waals surface area contributed by atoms with Gasteiger partial charge in [-0.3, -0.25) is 4.57 Å². The van der Waals surface area contributed by atoms with Gasteiger partial charge in [0.1, 0.15) is 33.9 Å². The first-order valence-electron chi connectivity index (χ1n) is 24.1. The molecule has 7 aromatic carbocycles.